The number of ether oxygens (including phenoxy) is 6. The van der Waals surface area contributed by atoms with Gasteiger partial charge in [0.05, 0.1) is 18.9 Å². The van der Waals surface area contributed by atoms with Crippen LogP contribution in [0.2, 0.25) is 5.28 Å². The zero-order valence-corrected chi connectivity index (χ0v) is 28.8. The summed E-state index contributed by atoms with van der Waals surface area (Å²) in [5.74, 6) is -2.51. The zero-order valence-electron chi connectivity index (χ0n) is 27.1. The van der Waals surface area contributed by atoms with Crippen LogP contribution in [0.1, 0.15) is 79.0 Å². The number of nitrogens with zero attached hydrogens (tertiary/aromatic N) is 4. The van der Waals surface area contributed by atoms with Crippen LogP contribution in [-0.4, -0.2) is 94.8 Å². The summed E-state index contributed by atoms with van der Waals surface area (Å²) in [6.07, 6.45) is 0.594. The minimum Gasteiger partial charge on any atom is -0.464 e. The normalized spacial score (nSPS) is 25.8. The summed E-state index contributed by atoms with van der Waals surface area (Å²) in [7, 11) is -3.02. The third kappa shape index (κ3) is 7.34. The van der Waals surface area contributed by atoms with Crippen LogP contribution in [0, 0.1) is 0 Å². The molecule has 0 spiro atoms. The van der Waals surface area contributed by atoms with Crippen molar-refractivity contribution in [3.63, 3.8) is 0 Å². The number of halogens is 1. The molecule has 1 unspecified atom stereocenters. The van der Waals surface area contributed by atoms with E-state index in [1.807, 2.05) is 46.8 Å². The molecule has 2 saturated heterocycles. The largest absolute Gasteiger partial charge is 0.464 e. The highest BCUT2D eigenvalue weighted by atomic mass is 35.5. The highest BCUT2D eigenvalue weighted by Gasteiger charge is 2.56. The van der Waals surface area contributed by atoms with E-state index in [0.717, 1.165) is 25.7 Å². The predicted octanol–water partition coefficient (Wildman–Crippen LogP) is 5.56. The molecule has 250 valence electrons. The third-order valence-electron chi connectivity index (χ3n) is 7.92. The van der Waals surface area contributed by atoms with E-state index < -0.39 is 60.9 Å². The summed E-state index contributed by atoms with van der Waals surface area (Å²) in [4.78, 5) is 32.3. The molecule has 0 aromatic carbocycles. The van der Waals surface area contributed by atoms with Gasteiger partial charge in [0.1, 0.15) is 42.7 Å². The van der Waals surface area contributed by atoms with Crippen LogP contribution in [0.3, 0.4) is 0 Å². The van der Waals surface area contributed by atoms with Gasteiger partial charge in [0.25, 0.3) is 0 Å². The van der Waals surface area contributed by atoms with Gasteiger partial charge in [0.15, 0.2) is 11.6 Å². The molecule has 13 nitrogen and oxygen atoms in total. The van der Waals surface area contributed by atoms with Crippen molar-refractivity contribution >= 4 is 42.1 Å². The fraction of sp³-hybridized carbons (Fsp3) is 0.733. The minimum absolute atomic E-state index is 0.0567. The van der Waals surface area contributed by atoms with Gasteiger partial charge in [0, 0.05) is 6.04 Å². The van der Waals surface area contributed by atoms with Gasteiger partial charge < -0.3 is 33.0 Å². The van der Waals surface area contributed by atoms with Crippen molar-refractivity contribution in [3.05, 3.63) is 23.1 Å². The average Bonchev–Trinajstić information content (AvgIpc) is 3.67. The van der Waals surface area contributed by atoms with Gasteiger partial charge in [-0.2, -0.15) is 4.98 Å². The first-order valence-corrected chi connectivity index (χ1v) is 18.5. The molecule has 3 fully saturated rings. The quantitative estimate of drug-likeness (QED) is 0.245. The monoisotopic (exact) mass is 670 g/mol. The summed E-state index contributed by atoms with van der Waals surface area (Å²) in [5, 5.41) is 4.44. The topological polar surface area (TPSA) is 140 Å². The predicted molar refractivity (Wildman–Crippen MR) is 166 cm³/mol. The summed E-state index contributed by atoms with van der Waals surface area (Å²) in [6, 6.07) is 3.55. The first-order chi connectivity index (χ1) is 21.0. The van der Waals surface area contributed by atoms with Gasteiger partial charge in [-0.15, -0.1) is 5.10 Å². The van der Waals surface area contributed by atoms with Crippen molar-refractivity contribution in [2.75, 3.05) is 31.4 Å². The molecule has 0 radical (unpaired) electrons. The highest BCUT2D eigenvalue weighted by Crippen LogP contribution is 2.48. The maximum atomic E-state index is 13.6. The van der Waals surface area contributed by atoms with Crippen molar-refractivity contribution < 1.29 is 42.6 Å². The van der Waals surface area contributed by atoms with Gasteiger partial charge in [-0.3, -0.25) is 4.90 Å². The van der Waals surface area contributed by atoms with Crippen LogP contribution in [0.5, 0.6) is 0 Å². The van der Waals surface area contributed by atoms with E-state index in [1.54, 1.807) is 16.3 Å². The molecule has 0 N–H and O–H groups in total. The van der Waals surface area contributed by atoms with Gasteiger partial charge in [-0.05, 0) is 91.4 Å². The summed E-state index contributed by atoms with van der Waals surface area (Å²) >= 11 is 6.51. The van der Waals surface area contributed by atoms with Crippen molar-refractivity contribution in [1.29, 1.82) is 0 Å². The molecule has 1 saturated carbocycles. The number of carbonyl (C=O) groups excluding carboxylic acids is 2. The van der Waals surface area contributed by atoms with E-state index >= 15 is 0 Å². The Bertz CT molecular complexity index is 1470. The van der Waals surface area contributed by atoms with Gasteiger partial charge >= 0.3 is 12.1 Å². The molecule has 5 atom stereocenters. The lowest BCUT2D eigenvalue weighted by Gasteiger charge is -2.31. The number of carbonyl (C=O) groups is 2. The summed E-state index contributed by atoms with van der Waals surface area (Å²) in [6.45, 7) is 13.8. The molecule has 45 heavy (non-hydrogen) atoms. The molecule has 15 heteroatoms. The van der Waals surface area contributed by atoms with E-state index in [4.69, 9.17) is 40.0 Å². The van der Waals surface area contributed by atoms with Crippen LogP contribution in [0.4, 0.5) is 10.6 Å². The second-order valence-corrected chi connectivity index (χ2v) is 17.3. The van der Waals surface area contributed by atoms with E-state index in [0.29, 0.717) is 17.0 Å². The van der Waals surface area contributed by atoms with Crippen LogP contribution in [0.25, 0.3) is 5.52 Å². The van der Waals surface area contributed by atoms with E-state index in [9.17, 15) is 14.2 Å². The van der Waals surface area contributed by atoms with Crippen LogP contribution in [0.15, 0.2) is 12.1 Å². The molecular weight excluding hydrogens is 627 g/mol. The fourth-order valence-electron chi connectivity index (χ4n) is 6.20. The molecule has 1 amide bonds. The van der Waals surface area contributed by atoms with Crippen molar-refractivity contribution in [1.82, 2.24) is 14.6 Å². The molecule has 2 aromatic heterocycles. The fourth-order valence-corrected chi connectivity index (χ4v) is 7.39. The first kappa shape index (κ1) is 34.1. The maximum absolute atomic E-state index is 13.6. The second-order valence-electron chi connectivity index (χ2n) is 13.6. The molecule has 3 aliphatic rings. The Kier molecular flexibility index (Phi) is 9.64. The number of esters is 1. The lowest BCUT2D eigenvalue weighted by atomic mass is 10.1. The Hall–Kier alpha value is -2.28. The Morgan fingerprint density at radius 2 is 1.84 bits per heavy atom. The van der Waals surface area contributed by atoms with Gasteiger partial charge in [-0.25, -0.2) is 14.1 Å². The maximum Gasteiger partial charge on any atom is 0.416 e. The number of fused-ring (bicyclic) bond motifs is 2. The molecular formula is C30H44ClN4O9P. The SMILES string of the molecule is CCOC(=O)C(OC[C@H]1O[C@H](c2ccc3c(N(C(=O)OC(C)(C)C)C4CCCC4)nc(Cl)nn23)[C@@H]2OC(C)(C)O[C@@H]21)P(C)(C)=O. The number of amides is 1. The lowest BCUT2D eigenvalue weighted by Crippen LogP contribution is -2.43. The van der Waals surface area contributed by atoms with Crippen molar-refractivity contribution in [3.8, 4) is 0 Å². The van der Waals surface area contributed by atoms with E-state index in [1.165, 1.54) is 13.3 Å². The van der Waals surface area contributed by atoms with Crippen LogP contribution < -0.4 is 4.90 Å². The second kappa shape index (κ2) is 12.7. The third-order valence-corrected chi connectivity index (χ3v) is 9.56. The number of rotatable bonds is 9. The Labute approximate surface area is 268 Å². The van der Waals surface area contributed by atoms with Gasteiger partial charge in [-0.1, -0.05) is 12.8 Å². The standard InChI is InChI=1S/C30H44ClN4O9P/c1-9-39-25(36)26(45(7,8)38)40-16-20-22-23(43-30(5,6)42-22)21(41-20)18-14-15-19-24(32-27(31)33-35(18)19)34(17-12-10-11-13-17)28(37)44-29(2,3)4/h14-15,17,20-23,26H,9-13,16H2,1-8H3/t20-,21-,22-,23+,26?/m1/s1. The summed E-state index contributed by atoms with van der Waals surface area (Å²) < 4.78 is 50.4. The Morgan fingerprint density at radius 3 is 2.47 bits per heavy atom. The smallest absolute Gasteiger partial charge is 0.416 e. The molecule has 0 bridgehead atoms. The van der Waals surface area contributed by atoms with E-state index in [-0.39, 0.29) is 24.5 Å². The molecule has 1 aliphatic carbocycles. The minimum atomic E-state index is -3.02. The van der Waals surface area contributed by atoms with Crippen LogP contribution >= 0.6 is 18.7 Å². The van der Waals surface area contributed by atoms with Crippen molar-refractivity contribution in [2.45, 2.75) is 115 Å². The number of hydrogen-bond donors (Lipinski definition) is 0. The Balaban J connectivity index is 1.49. The van der Waals surface area contributed by atoms with E-state index in [2.05, 4.69) is 10.1 Å². The molecule has 2 aliphatic heterocycles. The van der Waals surface area contributed by atoms with Gasteiger partial charge in [0.2, 0.25) is 11.1 Å². The molecule has 4 heterocycles. The summed E-state index contributed by atoms with van der Waals surface area (Å²) in [5.41, 5.74) is 0.439. The average molecular weight is 671 g/mol. The van der Waals surface area contributed by atoms with Crippen molar-refractivity contribution in [2.24, 2.45) is 0 Å². The molecule has 2 aromatic rings. The first-order valence-electron chi connectivity index (χ1n) is 15.4. The van der Waals surface area contributed by atoms with Crippen LogP contribution in [-0.2, 0) is 37.8 Å². The highest BCUT2D eigenvalue weighted by molar-refractivity contribution is 7.63. The number of aromatic nitrogens is 3. The number of anilines is 1. The zero-order chi connectivity index (χ0) is 32.9. The lowest BCUT2D eigenvalue weighted by molar-refractivity contribution is -0.195. The molecule has 5 rings (SSSR count). The number of hydrogen-bond acceptors (Lipinski definition) is 11. The Morgan fingerprint density at radius 1 is 1.18 bits per heavy atom.